The zero-order valence-electron chi connectivity index (χ0n) is 17.6. The summed E-state index contributed by atoms with van der Waals surface area (Å²) in [5, 5.41) is 2.45. The van der Waals surface area contributed by atoms with E-state index in [0.717, 1.165) is 12.5 Å². The molecule has 0 aliphatic heterocycles. The Hall–Kier alpha value is -2.49. The van der Waals surface area contributed by atoms with Gasteiger partial charge in [0, 0.05) is 17.9 Å². The Bertz CT molecular complexity index is 878. The zero-order chi connectivity index (χ0) is 23.2. The maximum atomic E-state index is 14.4. The lowest BCUT2D eigenvalue weighted by molar-refractivity contribution is -0.152. The first-order chi connectivity index (χ1) is 13.6. The topological polar surface area (TPSA) is 98.8 Å². The summed E-state index contributed by atoms with van der Waals surface area (Å²) in [7, 11) is -2.89. The molecule has 1 atom stereocenters. The van der Waals surface area contributed by atoms with Crippen LogP contribution in [0.5, 0.6) is 0 Å². The lowest BCUT2D eigenvalue weighted by atomic mass is 10.1. The summed E-state index contributed by atoms with van der Waals surface area (Å²) in [5.74, 6) is -6.92. The van der Waals surface area contributed by atoms with Gasteiger partial charge >= 0.3 is 18.0 Å². The van der Waals surface area contributed by atoms with Crippen LogP contribution < -0.4 is 5.32 Å². The van der Waals surface area contributed by atoms with E-state index in [1.807, 2.05) is 5.32 Å². The summed E-state index contributed by atoms with van der Waals surface area (Å²) < 4.78 is 50.5. The van der Waals surface area contributed by atoms with E-state index in [-0.39, 0.29) is 6.61 Å². The molecule has 0 spiro atoms. The van der Waals surface area contributed by atoms with Crippen molar-refractivity contribution in [3.63, 3.8) is 0 Å². The van der Waals surface area contributed by atoms with Gasteiger partial charge in [-0.2, -0.15) is 8.78 Å². The third kappa shape index (κ3) is 9.82. The SMILES string of the molecule is CC(C)(C)OC(=O)NC(CC(F)(F)C(=O)C=S(C)(C)=O)C(=O)OCc1ccccc1. The van der Waals surface area contributed by atoms with Crippen LogP contribution in [0.1, 0.15) is 32.8 Å². The third-order valence-electron chi connectivity index (χ3n) is 3.41. The van der Waals surface area contributed by atoms with Gasteiger partial charge in [-0.15, -0.1) is 0 Å². The van der Waals surface area contributed by atoms with Gasteiger partial charge < -0.3 is 14.8 Å². The average Bonchev–Trinajstić information content (AvgIpc) is 2.56. The minimum atomic E-state index is -4.06. The van der Waals surface area contributed by atoms with Crippen LogP contribution in [0, 0.1) is 0 Å². The highest BCUT2D eigenvalue weighted by molar-refractivity contribution is 8.01. The summed E-state index contributed by atoms with van der Waals surface area (Å²) in [6, 6.07) is 6.62. The second-order valence-corrected chi connectivity index (χ2v) is 10.8. The van der Waals surface area contributed by atoms with Gasteiger partial charge in [-0.05, 0) is 35.9 Å². The Balaban J connectivity index is 3.01. The van der Waals surface area contributed by atoms with Gasteiger partial charge in [0.1, 0.15) is 18.2 Å². The number of ketones is 1. The van der Waals surface area contributed by atoms with Crippen molar-refractivity contribution in [3.05, 3.63) is 35.9 Å². The molecule has 0 fully saturated rings. The maximum absolute atomic E-state index is 14.4. The van der Waals surface area contributed by atoms with Crippen LogP contribution in [0.15, 0.2) is 30.3 Å². The number of ether oxygens (including phenoxy) is 2. The Labute approximate surface area is 175 Å². The van der Waals surface area contributed by atoms with Crippen molar-refractivity contribution < 1.29 is 36.8 Å². The van der Waals surface area contributed by atoms with E-state index in [1.165, 1.54) is 0 Å². The number of hydrogen-bond donors (Lipinski definition) is 1. The zero-order valence-corrected chi connectivity index (χ0v) is 18.4. The molecule has 1 aromatic rings. The first-order valence-electron chi connectivity index (χ1n) is 9.00. The third-order valence-corrected chi connectivity index (χ3v) is 4.19. The Morgan fingerprint density at radius 2 is 1.70 bits per heavy atom. The fourth-order valence-corrected chi connectivity index (χ4v) is 2.86. The number of carbonyl (C=O) groups is 3. The highest BCUT2D eigenvalue weighted by Gasteiger charge is 2.43. The van der Waals surface area contributed by atoms with Gasteiger partial charge in [-0.25, -0.2) is 9.59 Å². The van der Waals surface area contributed by atoms with Crippen LogP contribution in [0.4, 0.5) is 13.6 Å². The van der Waals surface area contributed by atoms with Crippen LogP contribution in [0.2, 0.25) is 0 Å². The molecule has 10 heteroatoms. The first-order valence-corrected chi connectivity index (χ1v) is 11.4. The monoisotopic (exact) mass is 447 g/mol. The number of rotatable bonds is 8. The number of alkyl carbamates (subject to hydrolysis) is 1. The van der Waals surface area contributed by atoms with Crippen LogP contribution in [-0.2, 0) is 35.2 Å². The van der Waals surface area contributed by atoms with Crippen LogP contribution >= 0.6 is 0 Å². The molecule has 1 unspecified atom stereocenters. The highest BCUT2D eigenvalue weighted by Crippen LogP contribution is 2.23. The standard InChI is InChI=1S/C20H27F2NO6S/c1-19(2,3)29-18(26)23-15(11-20(21,22)16(24)13-30(4,5)27)17(25)28-12-14-9-7-6-8-10-14/h6-10,13,15H,11-12H2,1-5H3,(H,23,26). The quantitative estimate of drug-likeness (QED) is 0.486. The normalized spacial score (nSPS) is 13.2. The Morgan fingerprint density at radius 3 is 2.20 bits per heavy atom. The Morgan fingerprint density at radius 1 is 1.13 bits per heavy atom. The van der Waals surface area contributed by atoms with Gasteiger partial charge in [0.25, 0.3) is 0 Å². The molecule has 0 saturated carbocycles. The molecule has 7 nitrogen and oxygen atoms in total. The number of hydrogen-bond acceptors (Lipinski definition) is 6. The summed E-state index contributed by atoms with van der Waals surface area (Å²) >= 11 is 0. The lowest BCUT2D eigenvalue weighted by Gasteiger charge is -2.24. The van der Waals surface area contributed by atoms with E-state index >= 15 is 0 Å². The largest absolute Gasteiger partial charge is 0.459 e. The predicted molar refractivity (Wildman–Crippen MR) is 110 cm³/mol. The smallest absolute Gasteiger partial charge is 0.408 e. The number of esters is 1. The van der Waals surface area contributed by atoms with E-state index < -0.39 is 51.4 Å². The number of carbonyl (C=O) groups excluding carboxylic acids is 3. The number of halogens is 2. The molecule has 1 N–H and O–H groups in total. The van der Waals surface area contributed by atoms with Crippen molar-refractivity contribution >= 4 is 32.7 Å². The molecule has 0 saturated heterocycles. The molecule has 30 heavy (non-hydrogen) atoms. The van der Waals surface area contributed by atoms with Gasteiger partial charge in [0.15, 0.2) is 0 Å². The first kappa shape index (κ1) is 25.5. The van der Waals surface area contributed by atoms with E-state index in [4.69, 9.17) is 9.47 Å². The number of nitrogens with one attached hydrogen (secondary N) is 1. The van der Waals surface area contributed by atoms with Crippen LogP contribution in [0.25, 0.3) is 0 Å². The summed E-state index contributed by atoms with van der Waals surface area (Å²) in [6.07, 6.45) is -0.229. The fraction of sp³-hybridized carbons (Fsp3) is 0.500. The number of benzene rings is 1. The molecule has 0 heterocycles. The molecule has 0 bridgehead atoms. The molecule has 1 rings (SSSR count). The Kier molecular flexibility index (Phi) is 8.53. The number of Topliss-reactive ketones (excluding diaryl/α,β-unsaturated/α-hetero) is 1. The second-order valence-electron chi connectivity index (χ2n) is 7.99. The van der Waals surface area contributed by atoms with E-state index in [9.17, 15) is 27.4 Å². The second kappa shape index (κ2) is 10.0. The molecule has 1 aromatic carbocycles. The minimum absolute atomic E-state index is 0.213. The molecule has 168 valence electrons. The van der Waals surface area contributed by atoms with Crippen LogP contribution in [0.3, 0.4) is 0 Å². The summed E-state index contributed by atoms with van der Waals surface area (Å²) in [5.41, 5.74) is -0.334. The van der Waals surface area contributed by atoms with Gasteiger partial charge in [0.05, 0.1) is 6.42 Å². The highest BCUT2D eigenvalue weighted by atomic mass is 32.2. The van der Waals surface area contributed by atoms with E-state index in [0.29, 0.717) is 10.9 Å². The van der Waals surface area contributed by atoms with Crippen molar-refractivity contribution in [3.8, 4) is 0 Å². The van der Waals surface area contributed by atoms with Crippen molar-refractivity contribution in [2.24, 2.45) is 0 Å². The van der Waals surface area contributed by atoms with E-state index in [1.54, 1.807) is 51.1 Å². The molecule has 0 aliphatic rings. The number of alkyl halides is 2. The van der Waals surface area contributed by atoms with Crippen molar-refractivity contribution in [1.29, 1.82) is 0 Å². The molecular formula is C20H27F2NO6S. The predicted octanol–water partition coefficient (Wildman–Crippen LogP) is 2.56. The minimum Gasteiger partial charge on any atom is -0.459 e. The molecule has 1 amide bonds. The van der Waals surface area contributed by atoms with Gasteiger partial charge in [-0.1, -0.05) is 30.3 Å². The average molecular weight is 448 g/mol. The maximum Gasteiger partial charge on any atom is 0.408 e. The molecule has 0 radical (unpaired) electrons. The molecular weight excluding hydrogens is 420 g/mol. The summed E-state index contributed by atoms with van der Waals surface area (Å²) in [6.45, 7) is 4.46. The van der Waals surface area contributed by atoms with Crippen molar-refractivity contribution in [1.82, 2.24) is 5.32 Å². The number of amides is 1. The summed E-state index contributed by atoms with van der Waals surface area (Å²) in [4.78, 5) is 36.3. The lowest BCUT2D eigenvalue weighted by Crippen LogP contribution is -2.49. The van der Waals surface area contributed by atoms with Crippen molar-refractivity contribution in [2.45, 2.75) is 51.4 Å². The molecule has 0 aliphatic carbocycles. The fourth-order valence-electron chi connectivity index (χ4n) is 2.17. The van der Waals surface area contributed by atoms with Gasteiger partial charge in [-0.3, -0.25) is 9.00 Å². The molecule has 0 aromatic heterocycles. The van der Waals surface area contributed by atoms with Crippen LogP contribution in [-0.4, -0.2) is 57.5 Å². The van der Waals surface area contributed by atoms with E-state index in [2.05, 4.69) is 0 Å². The van der Waals surface area contributed by atoms with Crippen molar-refractivity contribution in [2.75, 3.05) is 12.5 Å². The van der Waals surface area contributed by atoms with Gasteiger partial charge in [0.2, 0.25) is 5.78 Å².